The SMILES string of the molecule is O=CC1CC1COc1cccc(Cl)c1. The first-order valence-corrected chi connectivity index (χ1v) is 5.01. The maximum atomic E-state index is 10.4. The van der Waals surface area contributed by atoms with Crippen LogP contribution in [0, 0.1) is 11.8 Å². The van der Waals surface area contributed by atoms with Gasteiger partial charge >= 0.3 is 0 Å². The summed E-state index contributed by atoms with van der Waals surface area (Å²) in [5.74, 6) is 1.40. The lowest BCUT2D eigenvalue weighted by Crippen LogP contribution is -2.01. The zero-order valence-electron chi connectivity index (χ0n) is 7.65. The fraction of sp³-hybridized carbons (Fsp3) is 0.364. The molecule has 1 fully saturated rings. The number of hydrogen-bond acceptors (Lipinski definition) is 2. The number of carbonyl (C=O) groups excluding carboxylic acids is 1. The second-order valence-electron chi connectivity index (χ2n) is 3.56. The molecule has 0 radical (unpaired) electrons. The maximum absolute atomic E-state index is 10.4. The van der Waals surface area contributed by atoms with Crippen LogP contribution in [0.15, 0.2) is 24.3 Å². The molecule has 0 aromatic heterocycles. The summed E-state index contributed by atoms with van der Waals surface area (Å²) < 4.78 is 5.50. The summed E-state index contributed by atoms with van der Waals surface area (Å²) in [6.07, 6.45) is 1.97. The van der Waals surface area contributed by atoms with Crippen LogP contribution in [0.3, 0.4) is 0 Å². The van der Waals surface area contributed by atoms with Crippen molar-refractivity contribution in [2.45, 2.75) is 6.42 Å². The van der Waals surface area contributed by atoms with Crippen molar-refractivity contribution < 1.29 is 9.53 Å². The van der Waals surface area contributed by atoms with Gasteiger partial charge in [0.15, 0.2) is 0 Å². The van der Waals surface area contributed by atoms with Crippen LogP contribution >= 0.6 is 11.6 Å². The Morgan fingerprint density at radius 2 is 2.43 bits per heavy atom. The first-order chi connectivity index (χ1) is 6.79. The van der Waals surface area contributed by atoms with Gasteiger partial charge in [0.2, 0.25) is 0 Å². The Hall–Kier alpha value is -1.02. The molecule has 1 saturated carbocycles. The Bertz CT molecular complexity index is 338. The largest absolute Gasteiger partial charge is 0.493 e. The molecular formula is C11H11ClO2. The van der Waals surface area contributed by atoms with E-state index in [2.05, 4.69) is 0 Å². The highest BCUT2D eigenvalue weighted by Gasteiger charge is 2.37. The van der Waals surface area contributed by atoms with Gasteiger partial charge in [0, 0.05) is 16.9 Å². The van der Waals surface area contributed by atoms with E-state index in [1.54, 1.807) is 12.1 Å². The molecule has 14 heavy (non-hydrogen) atoms. The molecule has 1 aliphatic carbocycles. The van der Waals surface area contributed by atoms with E-state index in [4.69, 9.17) is 16.3 Å². The van der Waals surface area contributed by atoms with Gasteiger partial charge in [-0.15, -0.1) is 0 Å². The highest BCUT2D eigenvalue weighted by atomic mass is 35.5. The summed E-state index contributed by atoms with van der Waals surface area (Å²) in [6.45, 7) is 0.615. The van der Waals surface area contributed by atoms with Gasteiger partial charge in [-0.3, -0.25) is 0 Å². The molecule has 0 amide bonds. The van der Waals surface area contributed by atoms with Crippen LogP contribution in [0.4, 0.5) is 0 Å². The number of ether oxygens (including phenoxy) is 1. The minimum atomic E-state index is 0.217. The average molecular weight is 211 g/mol. The minimum Gasteiger partial charge on any atom is -0.493 e. The highest BCUT2D eigenvalue weighted by Crippen LogP contribution is 2.36. The molecule has 2 nitrogen and oxygen atoms in total. The van der Waals surface area contributed by atoms with Crippen molar-refractivity contribution in [2.24, 2.45) is 11.8 Å². The summed E-state index contributed by atoms with van der Waals surface area (Å²) in [7, 11) is 0. The van der Waals surface area contributed by atoms with Crippen LogP contribution < -0.4 is 4.74 Å². The molecule has 74 valence electrons. The molecule has 0 spiro atoms. The van der Waals surface area contributed by atoms with Gasteiger partial charge in [0.1, 0.15) is 12.0 Å². The predicted octanol–water partition coefficient (Wildman–Crippen LogP) is 2.55. The van der Waals surface area contributed by atoms with Gasteiger partial charge in [-0.05, 0) is 24.6 Å². The van der Waals surface area contributed by atoms with Crippen molar-refractivity contribution in [3.8, 4) is 5.75 Å². The van der Waals surface area contributed by atoms with E-state index in [1.807, 2.05) is 12.1 Å². The molecule has 2 rings (SSSR count). The summed E-state index contributed by atoms with van der Waals surface area (Å²) in [4.78, 5) is 10.4. The summed E-state index contributed by atoms with van der Waals surface area (Å²) in [5, 5.41) is 0.672. The topological polar surface area (TPSA) is 26.3 Å². The molecule has 1 aliphatic rings. The normalized spacial score (nSPS) is 24.4. The molecular weight excluding hydrogens is 200 g/mol. The van der Waals surface area contributed by atoms with Crippen LogP contribution in [0.5, 0.6) is 5.75 Å². The Kier molecular flexibility index (Phi) is 2.73. The molecule has 3 heteroatoms. The lowest BCUT2D eigenvalue weighted by Gasteiger charge is -2.04. The van der Waals surface area contributed by atoms with E-state index < -0.39 is 0 Å². The second kappa shape index (κ2) is 4.01. The van der Waals surface area contributed by atoms with Crippen molar-refractivity contribution >= 4 is 17.9 Å². The third-order valence-corrected chi connectivity index (χ3v) is 2.65. The van der Waals surface area contributed by atoms with Crippen molar-refractivity contribution in [1.29, 1.82) is 0 Å². The van der Waals surface area contributed by atoms with E-state index in [9.17, 15) is 4.79 Å². The molecule has 0 saturated heterocycles. The molecule has 2 atom stereocenters. The standard InChI is InChI=1S/C11H11ClO2/c12-10-2-1-3-11(5-10)14-7-9-4-8(9)6-13/h1-3,5-6,8-9H,4,7H2. The zero-order chi connectivity index (χ0) is 9.97. The lowest BCUT2D eigenvalue weighted by molar-refractivity contribution is -0.109. The van der Waals surface area contributed by atoms with Crippen LogP contribution in [-0.4, -0.2) is 12.9 Å². The van der Waals surface area contributed by atoms with E-state index in [1.165, 1.54) is 0 Å². The molecule has 1 aromatic rings. The Morgan fingerprint density at radius 3 is 3.07 bits per heavy atom. The lowest BCUT2D eigenvalue weighted by atomic mass is 10.3. The van der Waals surface area contributed by atoms with Crippen molar-refractivity contribution in [2.75, 3.05) is 6.61 Å². The van der Waals surface area contributed by atoms with E-state index in [0.29, 0.717) is 17.5 Å². The van der Waals surface area contributed by atoms with Crippen LogP contribution in [0.2, 0.25) is 5.02 Å². The van der Waals surface area contributed by atoms with E-state index in [0.717, 1.165) is 18.5 Å². The smallest absolute Gasteiger partial charge is 0.123 e. The highest BCUT2D eigenvalue weighted by molar-refractivity contribution is 6.30. The summed E-state index contributed by atoms with van der Waals surface area (Å²) in [5.41, 5.74) is 0. The number of hydrogen-bond donors (Lipinski definition) is 0. The van der Waals surface area contributed by atoms with E-state index in [-0.39, 0.29) is 5.92 Å². The number of aldehydes is 1. The fourth-order valence-corrected chi connectivity index (χ4v) is 1.57. The van der Waals surface area contributed by atoms with Gasteiger partial charge in [-0.25, -0.2) is 0 Å². The van der Waals surface area contributed by atoms with Crippen LogP contribution in [-0.2, 0) is 4.79 Å². The summed E-state index contributed by atoms with van der Waals surface area (Å²) >= 11 is 5.80. The van der Waals surface area contributed by atoms with E-state index >= 15 is 0 Å². The number of carbonyl (C=O) groups is 1. The molecule has 0 heterocycles. The van der Waals surface area contributed by atoms with Crippen LogP contribution in [0.25, 0.3) is 0 Å². The third-order valence-electron chi connectivity index (χ3n) is 2.41. The van der Waals surface area contributed by atoms with Crippen molar-refractivity contribution in [1.82, 2.24) is 0 Å². The van der Waals surface area contributed by atoms with Gasteiger partial charge in [0.05, 0.1) is 6.61 Å². The number of halogens is 1. The first kappa shape index (κ1) is 9.53. The molecule has 0 bridgehead atoms. The van der Waals surface area contributed by atoms with Gasteiger partial charge in [-0.1, -0.05) is 17.7 Å². The van der Waals surface area contributed by atoms with Gasteiger partial charge in [0.25, 0.3) is 0 Å². The Balaban J connectivity index is 1.84. The Labute approximate surface area is 87.8 Å². The molecule has 0 N–H and O–H groups in total. The average Bonchev–Trinajstić information content (AvgIpc) is 2.93. The summed E-state index contributed by atoms with van der Waals surface area (Å²) in [6, 6.07) is 7.30. The molecule has 0 aliphatic heterocycles. The zero-order valence-corrected chi connectivity index (χ0v) is 8.41. The van der Waals surface area contributed by atoms with Crippen LogP contribution in [0.1, 0.15) is 6.42 Å². The third kappa shape index (κ3) is 2.26. The maximum Gasteiger partial charge on any atom is 0.123 e. The monoisotopic (exact) mass is 210 g/mol. The Morgan fingerprint density at radius 1 is 1.57 bits per heavy atom. The van der Waals surface area contributed by atoms with Gasteiger partial charge in [-0.2, -0.15) is 0 Å². The predicted molar refractivity (Wildman–Crippen MR) is 54.6 cm³/mol. The minimum absolute atomic E-state index is 0.217. The molecule has 1 aromatic carbocycles. The fourth-order valence-electron chi connectivity index (χ4n) is 1.39. The molecule has 2 unspecified atom stereocenters. The van der Waals surface area contributed by atoms with Crippen molar-refractivity contribution in [3.63, 3.8) is 0 Å². The second-order valence-corrected chi connectivity index (χ2v) is 4.00. The van der Waals surface area contributed by atoms with Gasteiger partial charge < -0.3 is 9.53 Å². The number of rotatable bonds is 4. The van der Waals surface area contributed by atoms with Crippen molar-refractivity contribution in [3.05, 3.63) is 29.3 Å². The first-order valence-electron chi connectivity index (χ1n) is 4.63. The quantitative estimate of drug-likeness (QED) is 0.714. The number of benzene rings is 1.